The normalized spacial score (nSPS) is 21.9. The number of nitrogens with zero attached hydrogens (tertiary/aromatic N) is 1. The molecule has 0 spiro atoms. The molecular formula is C25H29N3O6. The minimum absolute atomic E-state index is 0.0763. The smallest absolute Gasteiger partial charge is 0.257 e. The van der Waals surface area contributed by atoms with Gasteiger partial charge in [-0.3, -0.25) is 14.4 Å². The highest BCUT2D eigenvalue weighted by molar-refractivity contribution is 6.00. The lowest BCUT2D eigenvalue weighted by molar-refractivity contribution is -0.130. The van der Waals surface area contributed by atoms with Crippen molar-refractivity contribution in [2.24, 2.45) is 0 Å². The van der Waals surface area contributed by atoms with E-state index >= 15 is 0 Å². The molecule has 0 radical (unpaired) electrons. The molecule has 0 aliphatic carbocycles. The van der Waals surface area contributed by atoms with Gasteiger partial charge in [0.2, 0.25) is 11.8 Å². The number of carbonyl (C=O) groups is 3. The molecule has 0 unspecified atom stereocenters. The average molecular weight is 468 g/mol. The fourth-order valence-corrected chi connectivity index (χ4v) is 4.37. The first-order chi connectivity index (χ1) is 16.4. The molecular weight excluding hydrogens is 438 g/mol. The van der Waals surface area contributed by atoms with Gasteiger partial charge in [0.05, 0.1) is 24.1 Å². The first-order valence-corrected chi connectivity index (χ1v) is 11.3. The SMILES string of the molecule is COCC(=O)Nc1ccc2c(c1)C(=O)N(C)[C@@H]1CC[C@H](CC(=O)Nc3ccccc3)O[C@@H]1CO2. The largest absolute Gasteiger partial charge is 0.490 e. The van der Waals surface area contributed by atoms with E-state index in [1.165, 1.54) is 7.11 Å². The zero-order chi connectivity index (χ0) is 24.1. The third kappa shape index (κ3) is 5.55. The lowest BCUT2D eigenvalue weighted by Crippen LogP contribution is -2.53. The summed E-state index contributed by atoms with van der Waals surface area (Å²) in [5.74, 6) is -0.207. The molecule has 2 heterocycles. The summed E-state index contributed by atoms with van der Waals surface area (Å²) < 4.78 is 17.0. The molecule has 4 rings (SSSR count). The molecule has 9 heteroatoms. The van der Waals surface area contributed by atoms with Gasteiger partial charge in [0.15, 0.2) is 0 Å². The van der Waals surface area contributed by atoms with Crippen LogP contribution in [0, 0.1) is 0 Å². The number of fused-ring (bicyclic) bond motifs is 2. The fraction of sp³-hybridized carbons (Fsp3) is 0.400. The van der Waals surface area contributed by atoms with Crippen molar-refractivity contribution >= 4 is 29.1 Å². The summed E-state index contributed by atoms with van der Waals surface area (Å²) in [6.07, 6.45) is 0.970. The molecule has 2 aliphatic rings. The Morgan fingerprint density at radius 1 is 1.06 bits per heavy atom. The van der Waals surface area contributed by atoms with E-state index in [0.717, 1.165) is 5.69 Å². The molecule has 2 N–H and O–H groups in total. The highest BCUT2D eigenvalue weighted by atomic mass is 16.5. The molecule has 180 valence electrons. The topological polar surface area (TPSA) is 106 Å². The maximum atomic E-state index is 13.3. The first-order valence-electron chi connectivity index (χ1n) is 11.3. The number of para-hydroxylation sites is 1. The third-order valence-corrected chi connectivity index (χ3v) is 6.04. The van der Waals surface area contributed by atoms with Gasteiger partial charge in [-0.05, 0) is 43.2 Å². The van der Waals surface area contributed by atoms with E-state index in [4.69, 9.17) is 14.2 Å². The molecule has 0 saturated carbocycles. The van der Waals surface area contributed by atoms with Gasteiger partial charge < -0.3 is 29.7 Å². The highest BCUT2D eigenvalue weighted by Gasteiger charge is 2.39. The molecule has 34 heavy (non-hydrogen) atoms. The van der Waals surface area contributed by atoms with Crippen LogP contribution in [0.1, 0.15) is 29.6 Å². The number of rotatable bonds is 6. The predicted molar refractivity (Wildman–Crippen MR) is 126 cm³/mol. The van der Waals surface area contributed by atoms with Crippen LogP contribution in [0.2, 0.25) is 0 Å². The lowest BCUT2D eigenvalue weighted by Gasteiger charge is -2.42. The van der Waals surface area contributed by atoms with Crippen molar-refractivity contribution in [3.63, 3.8) is 0 Å². The van der Waals surface area contributed by atoms with Crippen LogP contribution < -0.4 is 15.4 Å². The van der Waals surface area contributed by atoms with E-state index in [-0.39, 0.29) is 55.6 Å². The van der Waals surface area contributed by atoms with Crippen LogP contribution in [0.25, 0.3) is 0 Å². The molecule has 2 aromatic rings. The number of hydrogen-bond acceptors (Lipinski definition) is 6. The standard InChI is InChI=1S/C25H29N3O6/c1-28-20-10-9-18(13-23(29)26-16-6-4-3-5-7-16)34-22(20)14-33-21-11-8-17(12-19(21)25(28)31)27-24(30)15-32-2/h3-8,11-12,18,20,22H,9-10,13-15H2,1-2H3,(H,26,29)(H,27,30)/t18-,20-,22-/m1/s1. The van der Waals surface area contributed by atoms with Crippen LogP contribution in [-0.4, -0.2) is 68.2 Å². The zero-order valence-corrected chi connectivity index (χ0v) is 19.3. The Labute approximate surface area is 198 Å². The number of methoxy groups -OCH3 is 1. The van der Waals surface area contributed by atoms with Gasteiger partial charge in [-0.25, -0.2) is 0 Å². The van der Waals surface area contributed by atoms with E-state index < -0.39 is 0 Å². The van der Waals surface area contributed by atoms with Gasteiger partial charge in [0.1, 0.15) is 25.1 Å². The van der Waals surface area contributed by atoms with E-state index in [9.17, 15) is 14.4 Å². The second-order valence-corrected chi connectivity index (χ2v) is 8.48. The Bertz CT molecular complexity index is 1040. The highest BCUT2D eigenvalue weighted by Crippen LogP contribution is 2.32. The number of nitrogens with one attached hydrogen (secondary N) is 2. The first kappa shape index (κ1) is 23.7. The Kier molecular flexibility index (Phi) is 7.44. The Morgan fingerprint density at radius 2 is 1.82 bits per heavy atom. The summed E-state index contributed by atoms with van der Waals surface area (Å²) in [5.41, 5.74) is 1.61. The summed E-state index contributed by atoms with van der Waals surface area (Å²) in [6.45, 7) is 0.175. The summed E-state index contributed by atoms with van der Waals surface area (Å²) in [4.78, 5) is 39.2. The van der Waals surface area contributed by atoms with Gasteiger partial charge in [0.25, 0.3) is 5.91 Å². The van der Waals surface area contributed by atoms with Crippen LogP contribution in [0.4, 0.5) is 11.4 Å². The molecule has 0 aromatic heterocycles. The van der Waals surface area contributed by atoms with Crippen molar-refractivity contribution in [2.75, 3.05) is 38.0 Å². The van der Waals surface area contributed by atoms with Crippen LogP contribution in [0.5, 0.6) is 5.75 Å². The molecule has 2 aliphatic heterocycles. The van der Waals surface area contributed by atoms with E-state index in [1.807, 2.05) is 30.3 Å². The van der Waals surface area contributed by atoms with Crippen LogP contribution in [0.3, 0.4) is 0 Å². The summed E-state index contributed by atoms with van der Waals surface area (Å²) in [5, 5.41) is 5.60. The Hall–Kier alpha value is -3.43. The van der Waals surface area contributed by atoms with Crippen molar-refractivity contribution in [3.8, 4) is 5.75 Å². The number of ether oxygens (including phenoxy) is 3. The molecule has 1 saturated heterocycles. The average Bonchev–Trinajstić information content (AvgIpc) is 2.82. The number of anilines is 2. The van der Waals surface area contributed by atoms with Crippen LogP contribution in [0.15, 0.2) is 48.5 Å². The van der Waals surface area contributed by atoms with Gasteiger partial charge in [-0.15, -0.1) is 0 Å². The molecule has 1 fully saturated rings. The van der Waals surface area contributed by atoms with Gasteiger partial charge in [-0.2, -0.15) is 0 Å². The Morgan fingerprint density at radius 3 is 2.59 bits per heavy atom. The van der Waals surface area contributed by atoms with Crippen molar-refractivity contribution in [3.05, 3.63) is 54.1 Å². The number of benzene rings is 2. The van der Waals surface area contributed by atoms with Gasteiger partial charge in [0, 0.05) is 25.5 Å². The fourth-order valence-electron chi connectivity index (χ4n) is 4.37. The molecule has 9 nitrogen and oxygen atoms in total. The number of hydrogen-bond donors (Lipinski definition) is 2. The zero-order valence-electron chi connectivity index (χ0n) is 19.3. The van der Waals surface area contributed by atoms with Crippen molar-refractivity contribution < 1.29 is 28.6 Å². The number of likely N-dealkylation sites (N-methyl/N-ethyl adjacent to an activating group) is 1. The molecule has 2 aromatic carbocycles. The number of carbonyl (C=O) groups excluding carboxylic acids is 3. The van der Waals surface area contributed by atoms with Crippen LogP contribution in [-0.2, 0) is 19.1 Å². The molecule has 3 atom stereocenters. The maximum Gasteiger partial charge on any atom is 0.257 e. The van der Waals surface area contributed by atoms with Crippen molar-refractivity contribution in [1.82, 2.24) is 4.90 Å². The van der Waals surface area contributed by atoms with E-state index in [0.29, 0.717) is 29.8 Å². The summed E-state index contributed by atoms with van der Waals surface area (Å²) in [7, 11) is 3.19. The summed E-state index contributed by atoms with van der Waals surface area (Å²) in [6, 6.07) is 14.1. The second-order valence-electron chi connectivity index (χ2n) is 8.48. The lowest BCUT2D eigenvalue weighted by atomic mass is 9.94. The van der Waals surface area contributed by atoms with E-state index in [1.54, 1.807) is 30.1 Å². The minimum atomic E-state index is -0.355. The third-order valence-electron chi connectivity index (χ3n) is 6.04. The van der Waals surface area contributed by atoms with Gasteiger partial charge in [-0.1, -0.05) is 18.2 Å². The van der Waals surface area contributed by atoms with Gasteiger partial charge >= 0.3 is 0 Å². The quantitative estimate of drug-likeness (QED) is 0.677. The maximum absolute atomic E-state index is 13.3. The van der Waals surface area contributed by atoms with E-state index in [2.05, 4.69) is 10.6 Å². The van der Waals surface area contributed by atoms with Crippen LogP contribution >= 0.6 is 0 Å². The summed E-state index contributed by atoms with van der Waals surface area (Å²) >= 11 is 0. The molecule has 3 amide bonds. The van der Waals surface area contributed by atoms with Crippen molar-refractivity contribution in [1.29, 1.82) is 0 Å². The predicted octanol–water partition coefficient (Wildman–Crippen LogP) is 2.68. The van der Waals surface area contributed by atoms with Crippen molar-refractivity contribution in [2.45, 2.75) is 37.5 Å². The second kappa shape index (κ2) is 10.7. The minimum Gasteiger partial charge on any atom is -0.490 e. The monoisotopic (exact) mass is 467 g/mol. The molecule has 0 bridgehead atoms. The number of amides is 3. The Balaban J connectivity index is 1.42.